The van der Waals surface area contributed by atoms with Crippen LogP contribution in [0.15, 0.2) is 18.3 Å². The summed E-state index contributed by atoms with van der Waals surface area (Å²) in [5, 5.41) is 3.58. The van der Waals surface area contributed by atoms with E-state index in [1.165, 1.54) is 24.3 Å². The average Bonchev–Trinajstić information content (AvgIpc) is 2.69. The average molecular weight is 276 g/mol. The van der Waals surface area contributed by atoms with Crippen LogP contribution < -0.4 is 10.2 Å². The maximum Gasteiger partial charge on any atom is 0.133 e. The molecular formula is C16H28N4. The van der Waals surface area contributed by atoms with E-state index in [0.29, 0.717) is 6.04 Å². The fourth-order valence-corrected chi connectivity index (χ4v) is 2.74. The van der Waals surface area contributed by atoms with Crippen LogP contribution in [0.1, 0.15) is 38.3 Å². The molecule has 20 heavy (non-hydrogen) atoms. The van der Waals surface area contributed by atoms with E-state index in [9.17, 15) is 0 Å². The zero-order chi connectivity index (χ0) is 14.4. The molecule has 1 atom stereocenters. The molecular weight excluding hydrogens is 248 g/mol. The highest BCUT2D eigenvalue weighted by Gasteiger charge is 2.18. The molecule has 1 saturated heterocycles. The van der Waals surface area contributed by atoms with E-state index in [1.54, 1.807) is 0 Å². The molecule has 0 amide bonds. The molecule has 1 N–H and O–H groups in total. The first-order valence-corrected chi connectivity index (χ1v) is 7.84. The second-order valence-corrected chi connectivity index (χ2v) is 5.74. The first kappa shape index (κ1) is 15.3. The van der Waals surface area contributed by atoms with E-state index in [0.717, 1.165) is 32.6 Å². The molecule has 1 aromatic heterocycles. The Balaban J connectivity index is 2.14. The number of nitrogens with one attached hydrogen (secondary N) is 1. The van der Waals surface area contributed by atoms with Crippen LogP contribution in [-0.2, 0) is 0 Å². The molecule has 2 rings (SSSR count). The molecule has 0 aromatic carbocycles. The summed E-state index contributed by atoms with van der Waals surface area (Å²) in [6.45, 7) is 9.97. The fraction of sp³-hybridized carbons (Fsp3) is 0.688. The van der Waals surface area contributed by atoms with E-state index in [1.807, 2.05) is 12.3 Å². The van der Waals surface area contributed by atoms with Crippen molar-refractivity contribution < 1.29 is 0 Å². The summed E-state index contributed by atoms with van der Waals surface area (Å²) < 4.78 is 0. The van der Waals surface area contributed by atoms with Gasteiger partial charge in [-0.3, -0.25) is 0 Å². The first-order valence-electron chi connectivity index (χ1n) is 7.84. The number of pyridine rings is 1. The third-order valence-corrected chi connectivity index (χ3v) is 4.00. The first-order chi connectivity index (χ1) is 9.72. The van der Waals surface area contributed by atoms with Gasteiger partial charge in [0.05, 0.1) is 0 Å². The highest BCUT2D eigenvalue weighted by atomic mass is 15.2. The normalized spacial score (nSPS) is 18.9. The Hall–Kier alpha value is -1.13. The van der Waals surface area contributed by atoms with Crippen LogP contribution in [0.25, 0.3) is 0 Å². The predicted molar refractivity (Wildman–Crippen MR) is 85.3 cm³/mol. The summed E-state index contributed by atoms with van der Waals surface area (Å²) in [7, 11) is 2.20. The van der Waals surface area contributed by atoms with Gasteiger partial charge in [-0.15, -0.1) is 0 Å². The van der Waals surface area contributed by atoms with Gasteiger partial charge in [0.1, 0.15) is 5.82 Å². The van der Waals surface area contributed by atoms with Gasteiger partial charge in [0.15, 0.2) is 0 Å². The molecule has 0 spiro atoms. The van der Waals surface area contributed by atoms with Crippen molar-refractivity contribution in [3.63, 3.8) is 0 Å². The van der Waals surface area contributed by atoms with E-state index >= 15 is 0 Å². The van der Waals surface area contributed by atoms with Crippen LogP contribution in [0.2, 0.25) is 0 Å². The maximum absolute atomic E-state index is 4.67. The second kappa shape index (κ2) is 7.60. The Labute approximate surface area is 123 Å². The van der Waals surface area contributed by atoms with E-state index in [-0.39, 0.29) is 0 Å². The fourth-order valence-electron chi connectivity index (χ4n) is 2.74. The number of rotatable bonds is 5. The van der Waals surface area contributed by atoms with Crippen molar-refractivity contribution in [2.45, 2.75) is 32.7 Å². The van der Waals surface area contributed by atoms with Crippen LogP contribution in [0, 0.1) is 0 Å². The standard InChI is InChI=1S/C16H28N4/c1-4-8-17-14(2)15-7-5-9-18-16(15)20-11-6-10-19(3)12-13-20/h5,7,9,14,17H,4,6,8,10-13H2,1-3H3. The van der Waals surface area contributed by atoms with Crippen molar-refractivity contribution in [2.75, 3.05) is 44.7 Å². The van der Waals surface area contributed by atoms with Crippen molar-refractivity contribution in [1.82, 2.24) is 15.2 Å². The smallest absolute Gasteiger partial charge is 0.133 e. The van der Waals surface area contributed by atoms with Gasteiger partial charge in [0.25, 0.3) is 0 Å². The molecule has 2 heterocycles. The van der Waals surface area contributed by atoms with Crippen molar-refractivity contribution in [1.29, 1.82) is 0 Å². The molecule has 1 unspecified atom stereocenters. The summed E-state index contributed by atoms with van der Waals surface area (Å²) >= 11 is 0. The SMILES string of the molecule is CCCNC(C)c1cccnc1N1CCCN(C)CC1. The van der Waals surface area contributed by atoms with Crippen LogP contribution in [0.5, 0.6) is 0 Å². The van der Waals surface area contributed by atoms with Gasteiger partial charge in [-0.05, 0) is 46.0 Å². The molecule has 112 valence electrons. The molecule has 0 bridgehead atoms. The second-order valence-electron chi connectivity index (χ2n) is 5.74. The van der Waals surface area contributed by atoms with Gasteiger partial charge in [-0.25, -0.2) is 4.98 Å². The van der Waals surface area contributed by atoms with Crippen LogP contribution in [0.4, 0.5) is 5.82 Å². The van der Waals surface area contributed by atoms with Gasteiger partial charge >= 0.3 is 0 Å². The largest absolute Gasteiger partial charge is 0.355 e. The Morgan fingerprint density at radius 2 is 2.15 bits per heavy atom. The lowest BCUT2D eigenvalue weighted by atomic mass is 10.1. The number of aromatic nitrogens is 1. The van der Waals surface area contributed by atoms with E-state index in [4.69, 9.17) is 0 Å². The minimum absolute atomic E-state index is 0.361. The monoisotopic (exact) mass is 276 g/mol. The van der Waals surface area contributed by atoms with Crippen molar-refractivity contribution in [2.24, 2.45) is 0 Å². The summed E-state index contributed by atoms with van der Waals surface area (Å²) in [4.78, 5) is 9.52. The number of hydrogen-bond donors (Lipinski definition) is 1. The minimum atomic E-state index is 0.361. The molecule has 0 saturated carbocycles. The maximum atomic E-state index is 4.67. The number of hydrogen-bond acceptors (Lipinski definition) is 4. The van der Waals surface area contributed by atoms with Crippen LogP contribution >= 0.6 is 0 Å². The summed E-state index contributed by atoms with van der Waals surface area (Å²) in [6, 6.07) is 4.62. The molecule has 4 nitrogen and oxygen atoms in total. The summed E-state index contributed by atoms with van der Waals surface area (Å²) in [6.07, 6.45) is 4.29. The Morgan fingerprint density at radius 3 is 2.95 bits per heavy atom. The molecule has 1 fully saturated rings. The molecule has 4 heteroatoms. The van der Waals surface area contributed by atoms with Crippen molar-refractivity contribution >= 4 is 5.82 Å². The Bertz CT molecular complexity index is 407. The lowest BCUT2D eigenvalue weighted by molar-refractivity contribution is 0.360. The Morgan fingerprint density at radius 1 is 1.30 bits per heavy atom. The summed E-state index contributed by atoms with van der Waals surface area (Å²) in [5.74, 6) is 1.17. The van der Waals surface area contributed by atoms with Crippen molar-refractivity contribution in [3.05, 3.63) is 23.9 Å². The van der Waals surface area contributed by atoms with Gasteiger partial charge in [-0.2, -0.15) is 0 Å². The Kier molecular flexibility index (Phi) is 5.80. The highest BCUT2D eigenvalue weighted by Crippen LogP contribution is 2.24. The molecule has 1 aromatic rings. The topological polar surface area (TPSA) is 31.4 Å². The number of nitrogens with zero attached hydrogens (tertiary/aromatic N) is 3. The van der Waals surface area contributed by atoms with Gasteiger partial charge in [0, 0.05) is 37.4 Å². The highest BCUT2D eigenvalue weighted by molar-refractivity contribution is 5.48. The third kappa shape index (κ3) is 3.93. The van der Waals surface area contributed by atoms with Crippen LogP contribution in [-0.4, -0.2) is 49.7 Å². The zero-order valence-corrected chi connectivity index (χ0v) is 13.1. The molecule has 0 aliphatic carbocycles. The van der Waals surface area contributed by atoms with Gasteiger partial charge < -0.3 is 15.1 Å². The van der Waals surface area contributed by atoms with Crippen molar-refractivity contribution in [3.8, 4) is 0 Å². The minimum Gasteiger partial charge on any atom is -0.355 e. The van der Waals surface area contributed by atoms with Gasteiger partial charge in [0.2, 0.25) is 0 Å². The lowest BCUT2D eigenvalue weighted by Gasteiger charge is -2.26. The zero-order valence-electron chi connectivity index (χ0n) is 13.1. The molecule has 1 aliphatic rings. The lowest BCUT2D eigenvalue weighted by Crippen LogP contribution is -2.31. The van der Waals surface area contributed by atoms with E-state index in [2.05, 4.69) is 47.1 Å². The third-order valence-electron chi connectivity index (χ3n) is 4.00. The summed E-state index contributed by atoms with van der Waals surface area (Å²) in [5.41, 5.74) is 1.32. The predicted octanol–water partition coefficient (Wildman–Crippen LogP) is 2.28. The van der Waals surface area contributed by atoms with Gasteiger partial charge in [-0.1, -0.05) is 13.0 Å². The number of likely N-dealkylation sites (N-methyl/N-ethyl adjacent to an activating group) is 1. The molecule has 0 radical (unpaired) electrons. The van der Waals surface area contributed by atoms with E-state index < -0.39 is 0 Å². The number of anilines is 1. The quantitative estimate of drug-likeness (QED) is 0.894. The van der Waals surface area contributed by atoms with Crippen LogP contribution in [0.3, 0.4) is 0 Å². The molecule has 1 aliphatic heterocycles.